The van der Waals surface area contributed by atoms with Crippen molar-refractivity contribution in [1.82, 2.24) is 30.3 Å². The van der Waals surface area contributed by atoms with Gasteiger partial charge in [-0.1, -0.05) is 12.1 Å². The highest BCUT2D eigenvalue weighted by Gasteiger charge is 2.52. The van der Waals surface area contributed by atoms with Gasteiger partial charge >= 0.3 is 12.1 Å². The lowest BCUT2D eigenvalue weighted by atomic mass is 10.3. The quantitative estimate of drug-likeness (QED) is 0.821. The Morgan fingerprint density at radius 3 is 2.78 bits per heavy atom. The molecule has 0 radical (unpaired) electrons. The second-order valence-electron chi connectivity index (χ2n) is 6.75. The van der Waals surface area contributed by atoms with E-state index in [0.717, 1.165) is 15.2 Å². The van der Waals surface area contributed by atoms with Gasteiger partial charge in [0.05, 0.1) is 16.3 Å². The molecule has 4 rings (SSSR count). The van der Waals surface area contributed by atoms with E-state index in [0.29, 0.717) is 0 Å². The third-order valence-corrected chi connectivity index (χ3v) is 6.14. The molecular formula is C17H20N6O3S. The average Bonchev–Trinajstić information content (AvgIpc) is 3.26. The molecule has 1 aromatic carbocycles. The van der Waals surface area contributed by atoms with Gasteiger partial charge in [-0.2, -0.15) is 0 Å². The van der Waals surface area contributed by atoms with Gasteiger partial charge in [0, 0.05) is 14.1 Å². The maximum Gasteiger partial charge on any atom is 0.323 e. The number of hydrogen-bond acceptors (Lipinski definition) is 5. The van der Waals surface area contributed by atoms with Gasteiger partial charge < -0.3 is 20.4 Å². The molecule has 27 heavy (non-hydrogen) atoms. The molecule has 9 nitrogen and oxygen atoms in total. The Bertz CT molecular complexity index is 897. The molecule has 142 valence electrons. The molecule has 0 spiro atoms. The van der Waals surface area contributed by atoms with Crippen molar-refractivity contribution in [1.29, 1.82) is 0 Å². The van der Waals surface area contributed by atoms with E-state index in [1.54, 1.807) is 14.1 Å². The summed E-state index contributed by atoms with van der Waals surface area (Å²) in [7, 11) is 3.25. The summed E-state index contributed by atoms with van der Waals surface area (Å²) in [5.41, 5.74) is 0.898. The maximum atomic E-state index is 12.5. The minimum atomic E-state index is -0.501. The highest BCUT2D eigenvalue weighted by atomic mass is 32.1. The van der Waals surface area contributed by atoms with Crippen LogP contribution in [0.25, 0.3) is 10.2 Å². The number of carbonyl (C=O) groups is 3. The smallest absolute Gasteiger partial charge is 0.323 e. The second kappa shape index (κ2) is 6.38. The number of nitrogens with one attached hydrogen (secondary N) is 2. The van der Waals surface area contributed by atoms with E-state index in [2.05, 4.69) is 15.6 Å². The molecule has 0 saturated carbocycles. The summed E-state index contributed by atoms with van der Waals surface area (Å²) in [5.74, 6) is -0.298. The average molecular weight is 388 g/mol. The number of thiazole rings is 1. The molecule has 2 aliphatic heterocycles. The molecule has 2 fully saturated rings. The van der Waals surface area contributed by atoms with E-state index < -0.39 is 12.3 Å². The van der Waals surface area contributed by atoms with Crippen molar-refractivity contribution < 1.29 is 14.4 Å². The third-order valence-electron chi connectivity index (χ3n) is 4.92. The number of hydrogen-bond donors (Lipinski definition) is 2. The van der Waals surface area contributed by atoms with E-state index in [1.807, 2.05) is 31.2 Å². The van der Waals surface area contributed by atoms with Crippen LogP contribution in [-0.4, -0.2) is 70.6 Å². The lowest BCUT2D eigenvalue weighted by Gasteiger charge is -2.26. The Morgan fingerprint density at radius 2 is 2.04 bits per heavy atom. The normalized spacial score (nSPS) is 23.0. The number of benzene rings is 1. The monoisotopic (exact) mass is 388 g/mol. The number of amides is 5. The van der Waals surface area contributed by atoms with Crippen LogP contribution >= 0.6 is 11.3 Å². The number of urea groups is 2. The van der Waals surface area contributed by atoms with Crippen LogP contribution in [0.4, 0.5) is 9.59 Å². The summed E-state index contributed by atoms with van der Waals surface area (Å²) >= 11 is 1.53. The molecule has 2 aliphatic rings. The van der Waals surface area contributed by atoms with Crippen LogP contribution in [0, 0.1) is 0 Å². The molecule has 2 N–H and O–H groups in total. The molecule has 5 amide bonds. The summed E-state index contributed by atoms with van der Waals surface area (Å²) in [6.07, 6.45) is -0.956. The van der Waals surface area contributed by atoms with Crippen molar-refractivity contribution in [2.45, 2.75) is 25.3 Å². The van der Waals surface area contributed by atoms with Crippen molar-refractivity contribution in [3.05, 3.63) is 29.3 Å². The summed E-state index contributed by atoms with van der Waals surface area (Å²) < 4.78 is 1.06. The van der Waals surface area contributed by atoms with E-state index in [4.69, 9.17) is 0 Å². The van der Waals surface area contributed by atoms with E-state index in [1.165, 1.54) is 26.0 Å². The number of fused-ring (bicyclic) bond motifs is 2. The second-order valence-corrected chi connectivity index (χ2v) is 7.81. The lowest BCUT2D eigenvalue weighted by Crippen LogP contribution is -2.48. The Labute approximate surface area is 159 Å². The van der Waals surface area contributed by atoms with Crippen LogP contribution in [0.5, 0.6) is 0 Å². The molecular weight excluding hydrogens is 368 g/mol. The SMILES string of the molecule is CC(NC(=O)CN1C(=O)NC2C1N(C)C(=O)N2C)c1nc2ccccc2s1. The van der Waals surface area contributed by atoms with Gasteiger partial charge in [-0.3, -0.25) is 9.69 Å². The predicted molar refractivity (Wildman–Crippen MR) is 99.9 cm³/mol. The van der Waals surface area contributed by atoms with Gasteiger partial charge in [0.15, 0.2) is 0 Å². The first kappa shape index (κ1) is 17.5. The fourth-order valence-corrected chi connectivity index (χ4v) is 4.49. The van der Waals surface area contributed by atoms with E-state index >= 15 is 0 Å². The standard InChI is InChI=1S/C17H20N6O3S/c1-9(14-19-10-6-4-5-7-11(10)27-14)18-12(24)8-23-15-13(20-16(23)25)21(2)17(26)22(15)3/h4-7,9,13,15H,8H2,1-3H3,(H,18,24)(H,20,25). The molecule has 3 unspecified atom stereocenters. The Morgan fingerprint density at radius 1 is 1.30 bits per heavy atom. The van der Waals surface area contributed by atoms with Crippen molar-refractivity contribution in [3.63, 3.8) is 0 Å². The van der Waals surface area contributed by atoms with Crippen LogP contribution in [0.2, 0.25) is 0 Å². The Kier molecular flexibility index (Phi) is 4.14. The van der Waals surface area contributed by atoms with Crippen molar-refractivity contribution in [3.8, 4) is 0 Å². The minimum absolute atomic E-state index is 0.131. The topological polar surface area (TPSA) is 97.9 Å². The number of aromatic nitrogens is 1. The van der Waals surface area contributed by atoms with Gasteiger partial charge in [0.25, 0.3) is 0 Å². The van der Waals surface area contributed by atoms with E-state index in [-0.39, 0.29) is 30.6 Å². The molecule has 3 atom stereocenters. The molecule has 2 aromatic rings. The number of likely N-dealkylation sites (N-methyl/N-ethyl adjacent to an activating group) is 2. The number of nitrogens with zero attached hydrogens (tertiary/aromatic N) is 4. The van der Waals surface area contributed by atoms with Gasteiger partial charge in [-0.15, -0.1) is 11.3 Å². The first-order chi connectivity index (χ1) is 12.9. The summed E-state index contributed by atoms with van der Waals surface area (Å²) in [6.45, 7) is 1.73. The minimum Gasteiger partial charge on any atom is -0.346 e. The van der Waals surface area contributed by atoms with Crippen molar-refractivity contribution in [2.75, 3.05) is 20.6 Å². The van der Waals surface area contributed by atoms with Crippen LogP contribution in [0.15, 0.2) is 24.3 Å². The van der Waals surface area contributed by atoms with Gasteiger partial charge in [-0.25, -0.2) is 14.6 Å². The van der Waals surface area contributed by atoms with Crippen molar-refractivity contribution in [2.24, 2.45) is 0 Å². The molecule has 1 aromatic heterocycles. The number of carbonyl (C=O) groups excluding carboxylic acids is 3. The first-order valence-electron chi connectivity index (χ1n) is 8.58. The van der Waals surface area contributed by atoms with Crippen LogP contribution < -0.4 is 10.6 Å². The van der Waals surface area contributed by atoms with E-state index in [9.17, 15) is 14.4 Å². The fourth-order valence-electron chi connectivity index (χ4n) is 3.52. The summed E-state index contributed by atoms with van der Waals surface area (Å²) in [6, 6.07) is 6.96. The molecule has 3 heterocycles. The van der Waals surface area contributed by atoms with Crippen LogP contribution in [0.1, 0.15) is 18.0 Å². The van der Waals surface area contributed by atoms with Crippen LogP contribution in [-0.2, 0) is 4.79 Å². The van der Waals surface area contributed by atoms with Crippen LogP contribution in [0.3, 0.4) is 0 Å². The molecule has 2 saturated heterocycles. The fraction of sp³-hybridized carbons (Fsp3) is 0.412. The number of rotatable bonds is 4. The highest BCUT2D eigenvalue weighted by molar-refractivity contribution is 7.18. The maximum absolute atomic E-state index is 12.5. The summed E-state index contributed by atoms with van der Waals surface area (Å²) in [4.78, 5) is 45.7. The van der Waals surface area contributed by atoms with Gasteiger partial charge in [0.1, 0.15) is 23.9 Å². The van der Waals surface area contributed by atoms with Gasteiger partial charge in [0.2, 0.25) is 5.91 Å². The molecule has 0 bridgehead atoms. The largest absolute Gasteiger partial charge is 0.346 e. The number of para-hydroxylation sites is 1. The lowest BCUT2D eigenvalue weighted by molar-refractivity contribution is -0.122. The first-order valence-corrected chi connectivity index (χ1v) is 9.40. The highest BCUT2D eigenvalue weighted by Crippen LogP contribution is 2.27. The molecule has 0 aliphatic carbocycles. The van der Waals surface area contributed by atoms with Crippen molar-refractivity contribution >= 4 is 39.5 Å². The Hall–Kier alpha value is -2.88. The van der Waals surface area contributed by atoms with Gasteiger partial charge in [-0.05, 0) is 19.1 Å². The zero-order valence-electron chi connectivity index (χ0n) is 15.2. The Balaban J connectivity index is 1.44. The molecule has 10 heteroatoms. The summed E-state index contributed by atoms with van der Waals surface area (Å²) in [5, 5.41) is 6.44. The third kappa shape index (κ3) is 2.85. The predicted octanol–water partition coefficient (Wildman–Crippen LogP) is 1.15. The zero-order chi connectivity index (χ0) is 19.3. The zero-order valence-corrected chi connectivity index (χ0v) is 16.0.